The van der Waals surface area contributed by atoms with Crippen molar-refractivity contribution in [2.45, 2.75) is 26.4 Å². The third-order valence-electron chi connectivity index (χ3n) is 3.34. The van der Waals surface area contributed by atoms with Crippen molar-refractivity contribution >= 4 is 11.6 Å². The average Bonchev–Trinajstić information content (AvgIpc) is 2.41. The summed E-state index contributed by atoms with van der Waals surface area (Å²) in [5.74, 6) is -0.577. The molecule has 0 spiro atoms. The van der Waals surface area contributed by atoms with Crippen LogP contribution in [0.3, 0.4) is 0 Å². The normalized spacial score (nSPS) is 12.4. The standard InChI is InChI=1S/C16H16ClF2N/c1-10-6-7-12(8-16(10)19)11(2)20-9-13-14(17)4-3-5-15(13)18/h3-8,11,20H,9H2,1-2H3. The lowest BCUT2D eigenvalue weighted by Gasteiger charge is -2.16. The summed E-state index contributed by atoms with van der Waals surface area (Å²) in [7, 11) is 0. The Balaban J connectivity index is 2.08. The van der Waals surface area contributed by atoms with Crippen LogP contribution in [0.4, 0.5) is 8.78 Å². The van der Waals surface area contributed by atoms with Gasteiger partial charge in [-0.25, -0.2) is 8.78 Å². The number of halogens is 3. The maximum absolute atomic E-state index is 13.6. The summed E-state index contributed by atoms with van der Waals surface area (Å²) >= 11 is 5.96. The first-order valence-electron chi connectivity index (χ1n) is 6.41. The van der Waals surface area contributed by atoms with Crippen molar-refractivity contribution in [2.24, 2.45) is 0 Å². The fourth-order valence-electron chi connectivity index (χ4n) is 1.95. The van der Waals surface area contributed by atoms with Gasteiger partial charge in [-0.15, -0.1) is 0 Å². The molecule has 2 rings (SSSR count). The number of nitrogens with one attached hydrogen (secondary N) is 1. The summed E-state index contributed by atoms with van der Waals surface area (Å²) in [6.45, 7) is 3.91. The first-order chi connectivity index (χ1) is 9.49. The van der Waals surface area contributed by atoms with Gasteiger partial charge >= 0.3 is 0 Å². The van der Waals surface area contributed by atoms with Gasteiger partial charge in [-0.1, -0.05) is 29.8 Å². The van der Waals surface area contributed by atoms with Crippen LogP contribution in [0.1, 0.15) is 29.7 Å². The Hall–Kier alpha value is -1.45. The number of aryl methyl sites for hydroxylation is 1. The third-order valence-corrected chi connectivity index (χ3v) is 3.70. The van der Waals surface area contributed by atoms with Crippen LogP contribution < -0.4 is 5.32 Å². The van der Waals surface area contributed by atoms with E-state index in [1.165, 1.54) is 12.1 Å². The molecule has 0 aliphatic rings. The van der Waals surface area contributed by atoms with Gasteiger partial charge < -0.3 is 5.32 Å². The highest BCUT2D eigenvalue weighted by Gasteiger charge is 2.11. The lowest BCUT2D eigenvalue weighted by atomic mass is 10.1. The Labute approximate surface area is 122 Å². The summed E-state index contributed by atoms with van der Waals surface area (Å²) in [4.78, 5) is 0. The van der Waals surface area contributed by atoms with Gasteiger partial charge in [0.15, 0.2) is 0 Å². The summed E-state index contributed by atoms with van der Waals surface area (Å²) in [5.41, 5.74) is 1.85. The molecule has 4 heteroatoms. The summed E-state index contributed by atoms with van der Waals surface area (Å²) in [5, 5.41) is 3.54. The molecule has 1 unspecified atom stereocenters. The molecule has 0 aliphatic heterocycles. The predicted molar refractivity (Wildman–Crippen MR) is 77.8 cm³/mol. The fourth-order valence-corrected chi connectivity index (χ4v) is 2.18. The average molecular weight is 296 g/mol. The molecular formula is C16H16ClF2N. The van der Waals surface area contributed by atoms with Crippen LogP contribution in [-0.4, -0.2) is 0 Å². The molecule has 1 nitrogen and oxygen atoms in total. The Morgan fingerprint density at radius 1 is 1.15 bits per heavy atom. The second-order valence-electron chi connectivity index (χ2n) is 4.81. The van der Waals surface area contributed by atoms with E-state index in [4.69, 9.17) is 11.6 Å². The van der Waals surface area contributed by atoms with Crippen LogP contribution in [-0.2, 0) is 6.54 Å². The van der Waals surface area contributed by atoms with Gasteiger partial charge in [-0.3, -0.25) is 0 Å². The maximum atomic E-state index is 13.6. The number of rotatable bonds is 4. The van der Waals surface area contributed by atoms with Gasteiger partial charge in [0.2, 0.25) is 0 Å². The third kappa shape index (κ3) is 3.35. The van der Waals surface area contributed by atoms with E-state index in [0.717, 1.165) is 5.56 Å². The molecule has 1 atom stereocenters. The molecule has 0 radical (unpaired) electrons. The Morgan fingerprint density at radius 2 is 1.90 bits per heavy atom. The Bertz CT molecular complexity index is 593. The molecule has 20 heavy (non-hydrogen) atoms. The summed E-state index contributed by atoms with van der Waals surface area (Å²) in [6, 6.07) is 9.59. The molecule has 106 valence electrons. The minimum Gasteiger partial charge on any atom is -0.306 e. The fraction of sp³-hybridized carbons (Fsp3) is 0.250. The van der Waals surface area contributed by atoms with Crippen LogP contribution in [0.5, 0.6) is 0 Å². The molecule has 0 heterocycles. The highest BCUT2D eigenvalue weighted by molar-refractivity contribution is 6.31. The quantitative estimate of drug-likeness (QED) is 0.856. The molecule has 0 saturated carbocycles. The molecule has 0 aliphatic carbocycles. The molecule has 0 aromatic heterocycles. The van der Waals surface area contributed by atoms with Gasteiger partial charge in [0.25, 0.3) is 0 Å². The van der Waals surface area contributed by atoms with E-state index in [1.54, 1.807) is 25.1 Å². The lowest BCUT2D eigenvalue weighted by molar-refractivity contribution is 0.539. The summed E-state index contributed by atoms with van der Waals surface area (Å²) < 4.78 is 27.2. The Morgan fingerprint density at radius 3 is 2.55 bits per heavy atom. The first kappa shape index (κ1) is 14.9. The van der Waals surface area contributed by atoms with E-state index in [0.29, 0.717) is 22.7 Å². The molecule has 2 aromatic carbocycles. The molecule has 0 fully saturated rings. The first-order valence-corrected chi connectivity index (χ1v) is 6.79. The highest BCUT2D eigenvalue weighted by Crippen LogP contribution is 2.21. The zero-order chi connectivity index (χ0) is 14.7. The van der Waals surface area contributed by atoms with Crippen LogP contribution in [0.25, 0.3) is 0 Å². The highest BCUT2D eigenvalue weighted by atomic mass is 35.5. The molecule has 0 saturated heterocycles. The molecule has 0 amide bonds. The summed E-state index contributed by atoms with van der Waals surface area (Å²) in [6.07, 6.45) is 0. The van der Waals surface area contributed by atoms with Crippen molar-refractivity contribution in [1.29, 1.82) is 0 Å². The zero-order valence-corrected chi connectivity index (χ0v) is 12.1. The van der Waals surface area contributed by atoms with Crippen LogP contribution in [0.2, 0.25) is 5.02 Å². The minimum absolute atomic E-state index is 0.0965. The van der Waals surface area contributed by atoms with E-state index in [1.807, 2.05) is 13.0 Å². The van der Waals surface area contributed by atoms with E-state index in [2.05, 4.69) is 5.32 Å². The largest absolute Gasteiger partial charge is 0.306 e. The minimum atomic E-state index is -0.340. The lowest BCUT2D eigenvalue weighted by Crippen LogP contribution is -2.19. The van der Waals surface area contributed by atoms with Crippen LogP contribution in [0, 0.1) is 18.6 Å². The number of hydrogen-bond donors (Lipinski definition) is 1. The van der Waals surface area contributed by atoms with Gasteiger partial charge in [0.1, 0.15) is 11.6 Å². The topological polar surface area (TPSA) is 12.0 Å². The molecule has 1 N–H and O–H groups in total. The van der Waals surface area contributed by atoms with Crippen molar-refractivity contribution in [3.8, 4) is 0 Å². The van der Waals surface area contributed by atoms with Crippen molar-refractivity contribution in [2.75, 3.05) is 0 Å². The SMILES string of the molecule is Cc1ccc(C(C)NCc2c(F)cccc2Cl)cc1F. The molecule has 0 bridgehead atoms. The number of benzene rings is 2. The number of hydrogen-bond acceptors (Lipinski definition) is 1. The molecule has 2 aromatic rings. The van der Waals surface area contributed by atoms with E-state index in [9.17, 15) is 8.78 Å². The second kappa shape index (κ2) is 6.33. The van der Waals surface area contributed by atoms with Crippen molar-refractivity contribution < 1.29 is 8.78 Å². The van der Waals surface area contributed by atoms with Gasteiger partial charge in [-0.2, -0.15) is 0 Å². The van der Waals surface area contributed by atoms with Crippen molar-refractivity contribution in [3.05, 3.63) is 69.7 Å². The predicted octanol–water partition coefficient (Wildman–Crippen LogP) is 4.78. The van der Waals surface area contributed by atoms with Crippen molar-refractivity contribution in [1.82, 2.24) is 5.32 Å². The van der Waals surface area contributed by atoms with E-state index in [-0.39, 0.29) is 17.7 Å². The van der Waals surface area contributed by atoms with Crippen molar-refractivity contribution in [3.63, 3.8) is 0 Å². The van der Waals surface area contributed by atoms with E-state index < -0.39 is 0 Å². The Kier molecular flexibility index (Phi) is 4.73. The second-order valence-corrected chi connectivity index (χ2v) is 5.22. The molecular weight excluding hydrogens is 280 g/mol. The van der Waals surface area contributed by atoms with Gasteiger partial charge in [0.05, 0.1) is 0 Å². The monoisotopic (exact) mass is 295 g/mol. The van der Waals surface area contributed by atoms with E-state index >= 15 is 0 Å². The van der Waals surface area contributed by atoms with Crippen LogP contribution >= 0.6 is 11.6 Å². The zero-order valence-electron chi connectivity index (χ0n) is 11.4. The van der Waals surface area contributed by atoms with Gasteiger partial charge in [0, 0.05) is 23.2 Å². The smallest absolute Gasteiger partial charge is 0.129 e. The van der Waals surface area contributed by atoms with Gasteiger partial charge in [-0.05, 0) is 43.2 Å². The van der Waals surface area contributed by atoms with Crippen LogP contribution in [0.15, 0.2) is 36.4 Å². The maximum Gasteiger partial charge on any atom is 0.129 e.